The first-order valence-electron chi connectivity index (χ1n) is 7.94. The molecule has 1 aliphatic rings. The van der Waals surface area contributed by atoms with Gasteiger partial charge in [-0.2, -0.15) is 0 Å². The lowest BCUT2D eigenvalue weighted by Crippen LogP contribution is -2.47. The molecule has 2 N–H and O–H groups in total. The molecule has 1 heterocycles. The molecular weight excluding hydrogens is 268 g/mol. The van der Waals surface area contributed by atoms with Crippen LogP contribution in [0.25, 0.3) is 0 Å². The highest BCUT2D eigenvalue weighted by Crippen LogP contribution is 2.27. The van der Waals surface area contributed by atoms with E-state index < -0.39 is 0 Å². The second-order valence-electron chi connectivity index (χ2n) is 7.07. The zero-order valence-corrected chi connectivity index (χ0v) is 13.9. The normalized spacial score (nSPS) is 21.0. The van der Waals surface area contributed by atoms with Crippen LogP contribution in [0.4, 0.5) is 0 Å². The Kier molecular flexibility index (Phi) is 6.65. The van der Waals surface area contributed by atoms with Gasteiger partial charge >= 0.3 is 5.97 Å². The van der Waals surface area contributed by atoms with Gasteiger partial charge in [0.15, 0.2) is 0 Å². The van der Waals surface area contributed by atoms with Gasteiger partial charge in [0, 0.05) is 19.6 Å². The molecular formula is C16H30N2O3. The Labute approximate surface area is 128 Å². The van der Waals surface area contributed by atoms with E-state index in [4.69, 9.17) is 10.5 Å². The molecule has 1 amide bonds. The summed E-state index contributed by atoms with van der Waals surface area (Å²) in [6, 6.07) is 0. The molecule has 0 saturated carbocycles. The van der Waals surface area contributed by atoms with E-state index in [1.807, 2.05) is 0 Å². The fourth-order valence-electron chi connectivity index (χ4n) is 2.90. The van der Waals surface area contributed by atoms with Gasteiger partial charge in [-0.05, 0) is 31.6 Å². The molecule has 0 aromatic carbocycles. The van der Waals surface area contributed by atoms with Gasteiger partial charge in [0.05, 0.1) is 18.4 Å². The van der Waals surface area contributed by atoms with Crippen LogP contribution in [0, 0.1) is 17.3 Å². The predicted octanol–water partition coefficient (Wildman–Crippen LogP) is 1.80. The predicted molar refractivity (Wildman–Crippen MR) is 82.6 cm³/mol. The van der Waals surface area contributed by atoms with Gasteiger partial charge in [0.2, 0.25) is 5.91 Å². The Bertz CT molecular complexity index is 363. The molecule has 5 nitrogen and oxygen atoms in total. The van der Waals surface area contributed by atoms with Gasteiger partial charge in [-0.15, -0.1) is 0 Å². The number of nitrogens with two attached hydrogens (primary N) is 1. The van der Waals surface area contributed by atoms with E-state index in [1.54, 1.807) is 11.8 Å². The number of ether oxygens (including phenoxy) is 1. The summed E-state index contributed by atoms with van der Waals surface area (Å²) in [4.78, 5) is 26.3. The van der Waals surface area contributed by atoms with Crippen LogP contribution in [0.2, 0.25) is 0 Å². The van der Waals surface area contributed by atoms with Crippen LogP contribution in [0.3, 0.4) is 0 Å². The quantitative estimate of drug-likeness (QED) is 0.786. The minimum absolute atomic E-state index is 0.0655. The summed E-state index contributed by atoms with van der Waals surface area (Å²) >= 11 is 0. The highest BCUT2D eigenvalue weighted by atomic mass is 16.5. The van der Waals surface area contributed by atoms with Gasteiger partial charge in [-0.25, -0.2) is 0 Å². The third-order valence-corrected chi connectivity index (χ3v) is 3.85. The van der Waals surface area contributed by atoms with Crippen molar-refractivity contribution in [2.24, 2.45) is 23.0 Å². The molecule has 0 bridgehead atoms. The number of carbonyl (C=O) groups is 2. The van der Waals surface area contributed by atoms with Crippen LogP contribution in [-0.4, -0.2) is 43.0 Å². The standard InChI is InChI=1S/C16H30N2O3/c1-5-21-15(20)12-7-6-8-18(11-12)14(19)13(10-17)9-16(2,3)4/h12-13H,5-11,17H2,1-4H3. The van der Waals surface area contributed by atoms with Gasteiger partial charge in [0.1, 0.15) is 0 Å². The SMILES string of the molecule is CCOC(=O)C1CCCN(C(=O)C(CN)CC(C)(C)C)C1. The van der Waals surface area contributed by atoms with E-state index in [1.165, 1.54) is 0 Å². The third kappa shape index (κ3) is 5.65. The van der Waals surface area contributed by atoms with Crippen molar-refractivity contribution in [3.8, 4) is 0 Å². The molecule has 2 unspecified atom stereocenters. The summed E-state index contributed by atoms with van der Waals surface area (Å²) in [6.07, 6.45) is 2.42. The lowest BCUT2D eigenvalue weighted by Gasteiger charge is -2.35. The first-order valence-corrected chi connectivity index (χ1v) is 7.94. The largest absolute Gasteiger partial charge is 0.466 e. The topological polar surface area (TPSA) is 72.6 Å². The average Bonchev–Trinajstić information content (AvgIpc) is 2.43. The summed E-state index contributed by atoms with van der Waals surface area (Å²) in [6.45, 7) is 10.1. The molecule has 0 aliphatic carbocycles. The molecule has 21 heavy (non-hydrogen) atoms. The van der Waals surface area contributed by atoms with Crippen molar-refractivity contribution in [1.82, 2.24) is 4.90 Å². The summed E-state index contributed by atoms with van der Waals surface area (Å²) in [5.74, 6) is -0.446. The highest BCUT2D eigenvalue weighted by Gasteiger charge is 2.33. The Morgan fingerprint density at radius 3 is 2.57 bits per heavy atom. The van der Waals surface area contributed by atoms with Crippen molar-refractivity contribution in [1.29, 1.82) is 0 Å². The molecule has 2 atom stereocenters. The van der Waals surface area contributed by atoms with Gasteiger partial charge < -0.3 is 15.4 Å². The number of rotatable bonds is 5. The zero-order valence-electron chi connectivity index (χ0n) is 13.9. The number of likely N-dealkylation sites (tertiary alicyclic amines) is 1. The molecule has 1 aliphatic heterocycles. The summed E-state index contributed by atoms with van der Waals surface area (Å²) < 4.78 is 5.08. The summed E-state index contributed by atoms with van der Waals surface area (Å²) in [7, 11) is 0. The smallest absolute Gasteiger partial charge is 0.310 e. The van der Waals surface area contributed by atoms with Crippen LogP contribution in [-0.2, 0) is 14.3 Å². The van der Waals surface area contributed by atoms with Crippen molar-refractivity contribution in [3.05, 3.63) is 0 Å². The Hall–Kier alpha value is -1.10. The molecule has 0 spiro atoms. The zero-order chi connectivity index (χ0) is 16.0. The van der Waals surface area contributed by atoms with E-state index in [0.717, 1.165) is 25.8 Å². The third-order valence-electron chi connectivity index (χ3n) is 3.85. The van der Waals surface area contributed by atoms with Crippen LogP contribution < -0.4 is 5.73 Å². The lowest BCUT2D eigenvalue weighted by molar-refractivity contribution is -0.152. The van der Waals surface area contributed by atoms with Crippen LogP contribution >= 0.6 is 0 Å². The maximum absolute atomic E-state index is 12.6. The molecule has 1 fully saturated rings. The average molecular weight is 298 g/mol. The molecule has 5 heteroatoms. The second kappa shape index (κ2) is 7.78. The molecule has 1 rings (SSSR count). The fraction of sp³-hybridized carbons (Fsp3) is 0.875. The fourth-order valence-corrected chi connectivity index (χ4v) is 2.90. The minimum atomic E-state index is -0.185. The number of carbonyl (C=O) groups excluding carboxylic acids is 2. The van der Waals surface area contributed by atoms with Crippen LogP contribution in [0.5, 0.6) is 0 Å². The van der Waals surface area contributed by atoms with Crippen molar-refractivity contribution >= 4 is 11.9 Å². The number of esters is 1. The van der Waals surface area contributed by atoms with E-state index in [9.17, 15) is 9.59 Å². The van der Waals surface area contributed by atoms with Gasteiger partial charge in [-0.3, -0.25) is 9.59 Å². The first kappa shape index (κ1) is 18.0. The van der Waals surface area contributed by atoms with Crippen LogP contribution in [0.1, 0.15) is 47.0 Å². The summed E-state index contributed by atoms with van der Waals surface area (Å²) in [5.41, 5.74) is 5.86. The first-order chi connectivity index (χ1) is 9.78. The molecule has 0 radical (unpaired) electrons. The summed E-state index contributed by atoms with van der Waals surface area (Å²) in [5, 5.41) is 0. The maximum atomic E-state index is 12.6. The highest BCUT2D eigenvalue weighted by molar-refractivity contribution is 5.80. The Morgan fingerprint density at radius 2 is 2.05 bits per heavy atom. The lowest BCUT2D eigenvalue weighted by atomic mass is 9.83. The van der Waals surface area contributed by atoms with E-state index >= 15 is 0 Å². The van der Waals surface area contributed by atoms with E-state index in [-0.39, 0.29) is 29.1 Å². The number of hydrogen-bond donors (Lipinski definition) is 1. The Morgan fingerprint density at radius 1 is 1.38 bits per heavy atom. The molecule has 1 saturated heterocycles. The van der Waals surface area contributed by atoms with Crippen molar-refractivity contribution in [3.63, 3.8) is 0 Å². The number of hydrogen-bond acceptors (Lipinski definition) is 4. The molecule has 0 aromatic heterocycles. The monoisotopic (exact) mass is 298 g/mol. The van der Waals surface area contributed by atoms with Crippen LogP contribution in [0.15, 0.2) is 0 Å². The van der Waals surface area contributed by atoms with Crippen molar-refractivity contribution in [2.45, 2.75) is 47.0 Å². The molecule has 0 aromatic rings. The van der Waals surface area contributed by atoms with Gasteiger partial charge in [0.25, 0.3) is 0 Å². The second-order valence-corrected chi connectivity index (χ2v) is 7.07. The maximum Gasteiger partial charge on any atom is 0.310 e. The number of amides is 1. The van der Waals surface area contributed by atoms with Gasteiger partial charge in [-0.1, -0.05) is 20.8 Å². The van der Waals surface area contributed by atoms with E-state index in [2.05, 4.69) is 20.8 Å². The minimum Gasteiger partial charge on any atom is -0.466 e. The number of nitrogens with zero attached hydrogens (tertiary/aromatic N) is 1. The number of piperidine rings is 1. The Balaban J connectivity index is 2.65. The van der Waals surface area contributed by atoms with Crippen molar-refractivity contribution in [2.75, 3.05) is 26.2 Å². The molecule has 122 valence electrons. The van der Waals surface area contributed by atoms with Crippen molar-refractivity contribution < 1.29 is 14.3 Å². The van der Waals surface area contributed by atoms with E-state index in [0.29, 0.717) is 19.7 Å².